The van der Waals surface area contributed by atoms with E-state index in [9.17, 15) is 0 Å². The van der Waals surface area contributed by atoms with Crippen molar-refractivity contribution >= 4 is 5.96 Å². The zero-order chi connectivity index (χ0) is 11.1. The highest BCUT2D eigenvalue weighted by molar-refractivity contribution is 5.79. The Bertz CT molecular complexity index is 204. The second kappa shape index (κ2) is 6.63. The summed E-state index contributed by atoms with van der Waals surface area (Å²) < 4.78 is 0. The number of guanidine groups is 1. The predicted molar refractivity (Wildman–Crippen MR) is 63.6 cm³/mol. The zero-order valence-corrected chi connectivity index (χ0v) is 9.79. The van der Waals surface area contributed by atoms with Crippen molar-refractivity contribution in [1.82, 2.24) is 15.6 Å². The van der Waals surface area contributed by atoms with Crippen LogP contribution in [0.2, 0.25) is 0 Å². The normalized spacial score (nSPS) is 23.9. The highest BCUT2D eigenvalue weighted by atomic mass is 15.3. The summed E-state index contributed by atoms with van der Waals surface area (Å²) in [5, 5.41) is 3.08. The Morgan fingerprint density at radius 1 is 1.53 bits per heavy atom. The Kier molecular flexibility index (Phi) is 5.42. The Labute approximate surface area is 92.1 Å². The Morgan fingerprint density at radius 2 is 2.33 bits per heavy atom. The maximum Gasteiger partial charge on any atom is 0.205 e. The summed E-state index contributed by atoms with van der Waals surface area (Å²) >= 11 is 0. The van der Waals surface area contributed by atoms with Gasteiger partial charge in [-0.15, -0.1) is 0 Å². The Hall–Kier alpha value is -0.810. The van der Waals surface area contributed by atoms with E-state index >= 15 is 0 Å². The van der Waals surface area contributed by atoms with Gasteiger partial charge >= 0.3 is 0 Å². The molecule has 1 fully saturated rings. The number of nitrogens with one attached hydrogen (secondary N) is 2. The van der Waals surface area contributed by atoms with Gasteiger partial charge in [0, 0.05) is 12.6 Å². The van der Waals surface area contributed by atoms with Gasteiger partial charge in [0.1, 0.15) is 0 Å². The number of rotatable bonds is 3. The van der Waals surface area contributed by atoms with Crippen molar-refractivity contribution in [1.29, 1.82) is 0 Å². The van der Waals surface area contributed by atoms with E-state index in [2.05, 4.69) is 27.7 Å². The van der Waals surface area contributed by atoms with Crippen LogP contribution in [-0.2, 0) is 0 Å². The summed E-state index contributed by atoms with van der Waals surface area (Å²) in [6, 6.07) is 0.570. The Balaban J connectivity index is 2.38. The number of piperidine rings is 1. The second-order valence-electron chi connectivity index (χ2n) is 3.99. The van der Waals surface area contributed by atoms with Gasteiger partial charge < -0.3 is 10.2 Å². The first-order valence-corrected chi connectivity index (χ1v) is 5.73. The number of hydrogen-bond donors (Lipinski definition) is 3. The molecule has 1 rings (SSSR count). The number of nitrogens with zero attached hydrogens (tertiary/aromatic N) is 2. The van der Waals surface area contributed by atoms with Crippen LogP contribution in [0.15, 0.2) is 4.99 Å². The molecule has 0 aromatic heterocycles. The quantitative estimate of drug-likeness (QED) is 0.265. The summed E-state index contributed by atoms with van der Waals surface area (Å²) in [7, 11) is 2.17. The van der Waals surface area contributed by atoms with E-state index in [0.717, 1.165) is 13.1 Å². The minimum Gasteiger partial charge on any atom is -0.356 e. The van der Waals surface area contributed by atoms with Crippen molar-refractivity contribution in [3.63, 3.8) is 0 Å². The number of nitrogens with two attached hydrogens (primary N) is 1. The predicted octanol–water partition coefficient (Wildman–Crippen LogP) is -0.100. The fourth-order valence-corrected chi connectivity index (χ4v) is 1.89. The topological polar surface area (TPSA) is 65.7 Å². The molecule has 0 aliphatic carbocycles. The van der Waals surface area contributed by atoms with Crippen LogP contribution >= 0.6 is 0 Å². The first kappa shape index (κ1) is 12.3. The molecule has 15 heavy (non-hydrogen) atoms. The van der Waals surface area contributed by atoms with E-state index in [1.54, 1.807) is 0 Å². The standard InChI is InChI=1S/C10H23N5/c1-3-12-10(14-11)13-8-9-6-4-5-7-15(9)2/h9H,3-8,11H2,1-2H3,(H2,12,13,14). The number of hydrogen-bond acceptors (Lipinski definition) is 3. The number of hydrazine groups is 1. The van der Waals surface area contributed by atoms with Crippen LogP contribution < -0.4 is 16.6 Å². The lowest BCUT2D eigenvalue weighted by molar-refractivity contribution is 0.191. The summed E-state index contributed by atoms with van der Waals surface area (Å²) in [4.78, 5) is 6.82. The molecular formula is C10H23N5. The van der Waals surface area contributed by atoms with Gasteiger partial charge in [-0.3, -0.25) is 10.4 Å². The third-order valence-electron chi connectivity index (χ3n) is 2.86. The summed E-state index contributed by atoms with van der Waals surface area (Å²) in [6.07, 6.45) is 3.87. The van der Waals surface area contributed by atoms with Gasteiger partial charge in [0.05, 0.1) is 6.54 Å². The average Bonchev–Trinajstić information content (AvgIpc) is 2.26. The molecule has 0 aromatic rings. The summed E-state index contributed by atoms with van der Waals surface area (Å²) in [6.45, 7) is 4.87. The van der Waals surface area contributed by atoms with Gasteiger partial charge in [0.25, 0.3) is 0 Å². The van der Waals surface area contributed by atoms with Crippen molar-refractivity contribution in [2.24, 2.45) is 10.8 Å². The molecule has 0 aromatic carbocycles. The molecular weight excluding hydrogens is 190 g/mol. The minimum absolute atomic E-state index is 0.570. The van der Waals surface area contributed by atoms with Crippen LogP contribution in [0, 0.1) is 0 Å². The van der Waals surface area contributed by atoms with Crippen LogP contribution in [0.25, 0.3) is 0 Å². The van der Waals surface area contributed by atoms with Crippen molar-refractivity contribution in [2.75, 3.05) is 26.7 Å². The molecule has 1 atom stereocenters. The monoisotopic (exact) mass is 213 g/mol. The molecule has 1 unspecified atom stereocenters. The lowest BCUT2D eigenvalue weighted by Crippen LogP contribution is -2.43. The van der Waals surface area contributed by atoms with E-state index in [4.69, 9.17) is 5.84 Å². The molecule has 0 saturated carbocycles. The molecule has 88 valence electrons. The molecule has 1 saturated heterocycles. The summed E-state index contributed by atoms with van der Waals surface area (Å²) in [5.41, 5.74) is 2.58. The molecule has 1 aliphatic heterocycles. The SMILES string of the molecule is CCNC(=NCC1CCCCN1C)NN. The zero-order valence-electron chi connectivity index (χ0n) is 9.79. The molecule has 0 amide bonds. The average molecular weight is 213 g/mol. The minimum atomic E-state index is 0.570. The van der Waals surface area contributed by atoms with Crippen LogP contribution in [-0.4, -0.2) is 43.6 Å². The van der Waals surface area contributed by atoms with Crippen LogP contribution in [0.5, 0.6) is 0 Å². The number of likely N-dealkylation sites (tertiary alicyclic amines) is 1. The van der Waals surface area contributed by atoms with Crippen molar-refractivity contribution in [2.45, 2.75) is 32.2 Å². The van der Waals surface area contributed by atoms with E-state index < -0.39 is 0 Å². The fourth-order valence-electron chi connectivity index (χ4n) is 1.89. The van der Waals surface area contributed by atoms with Gasteiger partial charge in [-0.2, -0.15) is 0 Å². The van der Waals surface area contributed by atoms with E-state index in [1.165, 1.54) is 25.8 Å². The highest BCUT2D eigenvalue weighted by Crippen LogP contribution is 2.14. The second-order valence-corrected chi connectivity index (χ2v) is 3.99. The first-order chi connectivity index (χ1) is 7.27. The number of aliphatic imine (C=N–C) groups is 1. The van der Waals surface area contributed by atoms with Crippen molar-refractivity contribution < 1.29 is 0 Å². The third-order valence-corrected chi connectivity index (χ3v) is 2.86. The summed E-state index contributed by atoms with van der Waals surface area (Å²) in [5.74, 6) is 6.04. The van der Waals surface area contributed by atoms with E-state index in [-0.39, 0.29) is 0 Å². The van der Waals surface area contributed by atoms with E-state index in [0.29, 0.717) is 12.0 Å². The lowest BCUT2D eigenvalue weighted by atomic mass is 10.0. The first-order valence-electron chi connectivity index (χ1n) is 5.73. The molecule has 1 heterocycles. The van der Waals surface area contributed by atoms with Gasteiger partial charge in [-0.05, 0) is 33.4 Å². The molecule has 4 N–H and O–H groups in total. The van der Waals surface area contributed by atoms with Gasteiger partial charge in [-0.25, -0.2) is 5.84 Å². The van der Waals surface area contributed by atoms with E-state index in [1.807, 2.05) is 6.92 Å². The smallest absolute Gasteiger partial charge is 0.205 e. The van der Waals surface area contributed by atoms with Gasteiger partial charge in [-0.1, -0.05) is 6.42 Å². The number of likely N-dealkylation sites (N-methyl/N-ethyl adjacent to an activating group) is 1. The highest BCUT2D eigenvalue weighted by Gasteiger charge is 2.18. The van der Waals surface area contributed by atoms with Gasteiger partial charge in [0.15, 0.2) is 0 Å². The molecule has 0 radical (unpaired) electrons. The molecule has 5 nitrogen and oxygen atoms in total. The third kappa shape index (κ3) is 4.05. The van der Waals surface area contributed by atoms with Crippen LogP contribution in [0.4, 0.5) is 0 Å². The molecule has 0 bridgehead atoms. The van der Waals surface area contributed by atoms with Crippen LogP contribution in [0.1, 0.15) is 26.2 Å². The largest absolute Gasteiger partial charge is 0.356 e. The van der Waals surface area contributed by atoms with Crippen molar-refractivity contribution in [3.8, 4) is 0 Å². The molecule has 5 heteroatoms. The molecule has 1 aliphatic rings. The maximum absolute atomic E-state index is 5.35. The lowest BCUT2D eigenvalue weighted by Gasteiger charge is -2.31. The molecule has 0 spiro atoms. The fraction of sp³-hybridized carbons (Fsp3) is 0.900. The van der Waals surface area contributed by atoms with Crippen molar-refractivity contribution in [3.05, 3.63) is 0 Å². The Morgan fingerprint density at radius 3 is 2.93 bits per heavy atom. The van der Waals surface area contributed by atoms with Gasteiger partial charge in [0.2, 0.25) is 5.96 Å². The maximum atomic E-state index is 5.35. The van der Waals surface area contributed by atoms with Crippen LogP contribution in [0.3, 0.4) is 0 Å².